The van der Waals surface area contributed by atoms with E-state index in [0.29, 0.717) is 18.2 Å². The molecule has 0 spiro atoms. The van der Waals surface area contributed by atoms with Gasteiger partial charge in [-0.05, 0) is 44.0 Å². The van der Waals surface area contributed by atoms with Crippen LogP contribution in [0.5, 0.6) is 0 Å². The summed E-state index contributed by atoms with van der Waals surface area (Å²) in [5, 5.41) is 3.41. The van der Waals surface area contributed by atoms with Crippen LogP contribution in [0.25, 0.3) is 6.08 Å². The third-order valence-corrected chi connectivity index (χ3v) is 3.04. The van der Waals surface area contributed by atoms with Gasteiger partial charge in [0.15, 0.2) is 0 Å². The van der Waals surface area contributed by atoms with Gasteiger partial charge in [-0.2, -0.15) is 0 Å². The first-order valence-corrected chi connectivity index (χ1v) is 6.48. The maximum absolute atomic E-state index is 11.5. The predicted molar refractivity (Wildman–Crippen MR) is 72.5 cm³/mol. The van der Waals surface area contributed by atoms with Crippen molar-refractivity contribution in [3.63, 3.8) is 0 Å². The molecule has 1 aliphatic rings. The smallest absolute Gasteiger partial charge is 0.338 e. The third kappa shape index (κ3) is 3.44. The lowest BCUT2D eigenvalue weighted by Gasteiger charge is -2.03. The van der Waals surface area contributed by atoms with Crippen molar-refractivity contribution in [3.05, 3.63) is 41.5 Å². The summed E-state index contributed by atoms with van der Waals surface area (Å²) in [6.45, 7) is 3.33. The third-order valence-electron chi connectivity index (χ3n) is 3.04. The summed E-state index contributed by atoms with van der Waals surface area (Å²) in [6, 6.07) is 7.99. The highest BCUT2D eigenvalue weighted by atomic mass is 16.5. The molecule has 0 bridgehead atoms. The molecule has 1 aliphatic heterocycles. The van der Waals surface area contributed by atoms with E-state index >= 15 is 0 Å². The van der Waals surface area contributed by atoms with Crippen LogP contribution in [0.3, 0.4) is 0 Å². The van der Waals surface area contributed by atoms with Gasteiger partial charge in [-0.3, -0.25) is 0 Å². The van der Waals surface area contributed by atoms with Crippen LogP contribution in [0.15, 0.2) is 30.3 Å². The van der Waals surface area contributed by atoms with Crippen LogP contribution in [-0.4, -0.2) is 25.2 Å². The lowest BCUT2D eigenvalue weighted by Crippen LogP contribution is -2.17. The second-order valence-electron chi connectivity index (χ2n) is 4.40. The van der Waals surface area contributed by atoms with Gasteiger partial charge in [-0.1, -0.05) is 24.3 Å². The Balaban J connectivity index is 1.96. The molecule has 18 heavy (non-hydrogen) atoms. The van der Waals surface area contributed by atoms with Crippen molar-refractivity contribution < 1.29 is 9.53 Å². The van der Waals surface area contributed by atoms with Gasteiger partial charge in [0.2, 0.25) is 0 Å². The SMILES string of the molecule is CCOC(=O)c1ccc(C=CC2CCCN2)cc1. The molecule has 96 valence electrons. The number of nitrogens with one attached hydrogen (secondary N) is 1. The largest absolute Gasteiger partial charge is 0.462 e. The number of carbonyl (C=O) groups excluding carboxylic acids is 1. The van der Waals surface area contributed by atoms with E-state index in [4.69, 9.17) is 4.74 Å². The molecule has 1 saturated heterocycles. The van der Waals surface area contributed by atoms with Gasteiger partial charge < -0.3 is 10.1 Å². The Labute approximate surface area is 108 Å². The fraction of sp³-hybridized carbons (Fsp3) is 0.400. The molecule has 0 radical (unpaired) electrons. The van der Waals surface area contributed by atoms with Crippen LogP contribution >= 0.6 is 0 Å². The number of esters is 1. The summed E-state index contributed by atoms with van der Waals surface area (Å²) >= 11 is 0. The minimum absolute atomic E-state index is 0.259. The normalized spacial score (nSPS) is 19.3. The molecule has 0 aromatic heterocycles. The number of carbonyl (C=O) groups is 1. The summed E-state index contributed by atoms with van der Waals surface area (Å²) in [6.07, 6.45) is 6.73. The monoisotopic (exact) mass is 245 g/mol. The number of hydrogen-bond acceptors (Lipinski definition) is 3. The molecule has 1 fully saturated rings. The summed E-state index contributed by atoms with van der Waals surface area (Å²) < 4.78 is 4.94. The average molecular weight is 245 g/mol. The van der Waals surface area contributed by atoms with Crippen molar-refractivity contribution in [2.75, 3.05) is 13.2 Å². The van der Waals surface area contributed by atoms with E-state index < -0.39 is 0 Å². The van der Waals surface area contributed by atoms with E-state index in [1.54, 1.807) is 12.1 Å². The van der Waals surface area contributed by atoms with Crippen molar-refractivity contribution >= 4 is 12.0 Å². The molecule has 0 aliphatic carbocycles. The van der Waals surface area contributed by atoms with Gasteiger partial charge in [0, 0.05) is 6.04 Å². The van der Waals surface area contributed by atoms with Crippen molar-refractivity contribution in [3.8, 4) is 0 Å². The van der Waals surface area contributed by atoms with Gasteiger partial charge in [0.1, 0.15) is 0 Å². The number of rotatable bonds is 4. The molecule has 1 atom stereocenters. The maximum atomic E-state index is 11.5. The fourth-order valence-electron chi connectivity index (χ4n) is 2.05. The van der Waals surface area contributed by atoms with Crippen molar-refractivity contribution in [1.29, 1.82) is 0 Å². The zero-order valence-electron chi connectivity index (χ0n) is 10.7. The molecule has 3 nitrogen and oxygen atoms in total. The van der Waals surface area contributed by atoms with Crippen LogP contribution in [-0.2, 0) is 4.74 Å². The lowest BCUT2D eigenvalue weighted by atomic mass is 10.1. The first kappa shape index (κ1) is 12.8. The Morgan fingerprint density at radius 1 is 1.44 bits per heavy atom. The fourth-order valence-corrected chi connectivity index (χ4v) is 2.05. The maximum Gasteiger partial charge on any atom is 0.338 e. The van der Waals surface area contributed by atoms with Crippen molar-refractivity contribution in [2.45, 2.75) is 25.8 Å². The Bertz CT molecular complexity index is 417. The van der Waals surface area contributed by atoms with E-state index in [9.17, 15) is 4.79 Å². The van der Waals surface area contributed by atoms with Gasteiger partial charge in [0.05, 0.1) is 12.2 Å². The minimum atomic E-state index is -0.259. The molecule has 1 aromatic carbocycles. The average Bonchev–Trinajstić information content (AvgIpc) is 2.90. The van der Waals surface area contributed by atoms with Gasteiger partial charge in [-0.25, -0.2) is 4.79 Å². The summed E-state index contributed by atoms with van der Waals surface area (Å²) in [7, 11) is 0. The standard InChI is InChI=1S/C15H19NO2/c1-2-18-15(17)13-8-5-12(6-9-13)7-10-14-4-3-11-16-14/h5-10,14,16H,2-4,11H2,1H3. The van der Waals surface area contributed by atoms with Gasteiger partial charge in [0.25, 0.3) is 0 Å². The van der Waals surface area contributed by atoms with E-state index in [2.05, 4.69) is 17.5 Å². The Hall–Kier alpha value is -1.61. The molecule has 1 aromatic rings. The van der Waals surface area contributed by atoms with Crippen LogP contribution in [0.1, 0.15) is 35.7 Å². The summed E-state index contributed by atoms with van der Waals surface area (Å²) in [5.74, 6) is -0.259. The first-order chi connectivity index (χ1) is 8.79. The zero-order valence-corrected chi connectivity index (χ0v) is 10.7. The number of ether oxygens (including phenoxy) is 1. The van der Waals surface area contributed by atoms with E-state index in [1.807, 2.05) is 19.1 Å². The van der Waals surface area contributed by atoms with Crippen molar-refractivity contribution in [2.24, 2.45) is 0 Å². The van der Waals surface area contributed by atoms with Gasteiger partial charge >= 0.3 is 5.97 Å². The number of benzene rings is 1. The summed E-state index contributed by atoms with van der Waals surface area (Å²) in [4.78, 5) is 11.5. The zero-order chi connectivity index (χ0) is 12.8. The molecule has 2 rings (SSSR count). The summed E-state index contributed by atoms with van der Waals surface area (Å²) in [5.41, 5.74) is 1.71. The molecule has 0 amide bonds. The van der Waals surface area contributed by atoms with Crippen LogP contribution in [0.4, 0.5) is 0 Å². The Kier molecular flexibility index (Phi) is 4.53. The molecule has 1 N–H and O–H groups in total. The molecule has 3 heteroatoms. The van der Waals surface area contributed by atoms with Crippen molar-refractivity contribution in [1.82, 2.24) is 5.32 Å². The van der Waals surface area contributed by atoms with Crippen LogP contribution < -0.4 is 5.32 Å². The Morgan fingerprint density at radius 2 is 2.22 bits per heavy atom. The number of hydrogen-bond donors (Lipinski definition) is 1. The van der Waals surface area contributed by atoms with E-state index in [1.165, 1.54) is 12.8 Å². The highest BCUT2D eigenvalue weighted by Gasteiger charge is 2.09. The molecule has 1 unspecified atom stereocenters. The second-order valence-corrected chi connectivity index (χ2v) is 4.40. The molecule has 0 saturated carbocycles. The quantitative estimate of drug-likeness (QED) is 0.829. The highest BCUT2D eigenvalue weighted by Crippen LogP contribution is 2.11. The first-order valence-electron chi connectivity index (χ1n) is 6.48. The second kappa shape index (κ2) is 6.36. The van der Waals surface area contributed by atoms with E-state index in [-0.39, 0.29) is 5.97 Å². The highest BCUT2D eigenvalue weighted by molar-refractivity contribution is 5.89. The predicted octanol–water partition coefficient (Wildman–Crippen LogP) is 2.63. The lowest BCUT2D eigenvalue weighted by molar-refractivity contribution is 0.0526. The molecular formula is C15H19NO2. The Morgan fingerprint density at radius 3 is 2.83 bits per heavy atom. The van der Waals surface area contributed by atoms with Crippen LogP contribution in [0, 0.1) is 0 Å². The molecule has 1 heterocycles. The topological polar surface area (TPSA) is 38.3 Å². The van der Waals surface area contributed by atoms with Gasteiger partial charge in [-0.15, -0.1) is 0 Å². The molecular weight excluding hydrogens is 226 g/mol. The minimum Gasteiger partial charge on any atom is -0.462 e. The van der Waals surface area contributed by atoms with Crippen LogP contribution in [0.2, 0.25) is 0 Å². The van der Waals surface area contributed by atoms with E-state index in [0.717, 1.165) is 12.1 Å².